The summed E-state index contributed by atoms with van der Waals surface area (Å²) < 4.78 is 0. The Morgan fingerprint density at radius 3 is 2.95 bits per heavy atom. The van der Waals surface area contributed by atoms with Crippen LogP contribution in [0.3, 0.4) is 0 Å². The minimum Gasteiger partial charge on any atom is -0.396 e. The number of hydrogen-bond acceptors (Lipinski definition) is 3. The summed E-state index contributed by atoms with van der Waals surface area (Å²) in [6.07, 6.45) is 1.70. The minimum absolute atomic E-state index is 0.0233. The van der Waals surface area contributed by atoms with Gasteiger partial charge in [0, 0.05) is 23.8 Å². The maximum absolute atomic E-state index is 12.4. The quantitative estimate of drug-likeness (QED) is 0.848. The normalized spacial score (nSPS) is 17.9. The third-order valence-electron chi connectivity index (χ3n) is 3.77. The number of carbonyl (C=O) groups is 1. The number of aliphatic hydroxyl groups excluding tert-OH is 1. The van der Waals surface area contributed by atoms with Crippen molar-refractivity contribution in [3.8, 4) is 0 Å². The van der Waals surface area contributed by atoms with E-state index in [4.69, 9.17) is 5.11 Å². The highest BCUT2D eigenvalue weighted by atomic mass is 32.2. The first-order valence-electron chi connectivity index (χ1n) is 7.14. The molecule has 0 spiro atoms. The number of rotatable bonds is 6. The number of aliphatic hydroxyl groups is 1. The third-order valence-corrected chi connectivity index (χ3v) is 4.95. The van der Waals surface area contributed by atoms with Crippen molar-refractivity contribution in [2.24, 2.45) is 5.41 Å². The first kappa shape index (κ1) is 15.4. The number of fused-ring (bicyclic) bond motifs is 1. The van der Waals surface area contributed by atoms with Crippen LogP contribution < -0.4 is 5.32 Å². The lowest BCUT2D eigenvalue weighted by Crippen LogP contribution is -2.37. The zero-order valence-corrected chi connectivity index (χ0v) is 13.0. The topological polar surface area (TPSA) is 49.3 Å². The summed E-state index contributed by atoms with van der Waals surface area (Å²) in [6, 6.07) is 8.15. The lowest BCUT2D eigenvalue weighted by Gasteiger charge is -2.25. The van der Waals surface area contributed by atoms with Crippen molar-refractivity contribution in [1.29, 1.82) is 0 Å². The van der Waals surface area contributed by atoms with Crippen LogP contribution in [0.1, 0.15) is 38.2 Å². The van der Waals surface area contributed by atoms with Gasteiger partial charge in [0.25, 0.3) is 0 Å². The van der Waals surface area contributed by atoms with Crippen LogP contribution in [0.4, 0.5) is 0 Å². The van der Waals surface area contributed by atoms with E-state index in [1.807, 2.05) is 12.1 Å². The Hall–Kier alpha value is -1.00. The zero-order chi connectivity index (χ0) is 14.6. The highest BCUT2D eigenvalue weighted by molar-refractivity contribution is 7.99. The maximum Gasteiger partial charge on any atom is 0.228 e. The van der Waals surface area contributed by atoms with E-state index in [-0.39, 0.29) is 23.8 Å². The Labute approximate surface area is 125 Å². The van der Waals surface area contributed by atoms with Gasteiger partial charge in [-0.05, 0) is 29.9 Å². The Morgan fingerprint density at radius 2 is 2.20 bits per heavy atom. The highest BCUT2D eigenvalue weighted by Crippen LogP contribution is 2.39. The third kappa shape index (κ3) is 3.76. The molecule has 1 heterocycles. The summed E-state index contributed by atoms with van der Waals surface area (Å²) in [6.45, 7) is 5.12. The summed E-state index contributed by atoms with van der Waals surface area (Å²) in [4.78, 5) is 13.6. The van der Waals surface area contributed by atoms with Crippen molar-refractivity contribution in [3.05, 3.63) is 29.8 Å². The van der Waals surface area contributed by atoms with E-state index in [1.165, 1.54) is 4.90 Å². The predicted octanol–water partition coefficient (Wildman–Crippen LogP) is 2.79. The number of nitrogens with one attached hydrogen (secondary N) is 1. The van der Waals surface area contributed by atoms with Gasteiger partial charge in [-0.2, -0.15) is 0 Å². The van der Waals surface area contributed by atoms with Crippen molar-refractivity contribution in [3.63, 3.8) is 0 Å². The molecule has 1 unspecified atom stereocenters. The van der Waals surface area contributed by atoms with E-state index in [0.29, 0.717) is 6.54 Å². The Balaban J connectivity index is 1.90. The number of hydrogen-bond donors (Lipinski definition) is 2. The molecule has 1 aliphatic heterocycles. The van der Waals surface area contributed by atoms with Crippen LogP contribution in [0, 0.1) is 5.41 Å². The second-order valence-electron chi connectivity index (χ2n) is 6.11. The molecular formula is C16H23NO2S. The van der Waals surface area contributed by atoms with Gasteiger partial charge in [-0.25, -0.2) is 0 Å². The molecule has 0 saturated heterocycles. The summed E-state index contributed by atoms with van der Waals surface area (Å²) in [7, 11) is 0. The Bertz CT molecular complexity index is 473. The second-order valence-corrected chi connectivity index (χ2v) is 7.17. The second kappa shape index (κ2) is 6.64. The first-order valence-corrected chi connectivity index (χ1v) is 8.12. The largest absolute Gasteiger partial charge is 0.396 e. The molecule has 4 heteroatoms. The molecule has 1 atom stereocenters. The number of amides is 1. The predicted molar refractivity (Wildman–Crippen MR) is 83.0 cm³/mol. The molecular weight excluding hydrogens is 270 g/mol. The van der Waals surface area contributed by atoms with Gasteiger partial charge < -0.3 is 10.4 Å². The van der Waals surface area contributed by atoms with Crippen molar-refractivity contribution in [2.75, 3.05) is 18.9 Å². The van der Waals surface area contributed by atoms with Crippen molar-refractivity contribution >= 4 is 17.7 Å². The van der Waals surface area contributed by atoms with Crippen LogP contribution in [0.15, 0.2) is 29.2 Å². The summed E-state index contributed by atoms with van der Waals surface area (Å²) in [5.74, 6) is 0.937. The molecule has 3 nitrogen and oxygen atoms in total. The molecule has 1 amide bonds. The number of thioether (sulfide) groups is 1. The number of benzene rings is 1. The van der Waals surface area contributed by atoms with E-state index in [0.717, 1.165) is 24.2 Å². The Kier molecular flexibility index (Phi) is 5.11. The molecule has 1 aromatic rings. The van der Waals surface area contributed by atoms with Gasteiger partial charge >= 0.3 is 0 Å². The van der Waals surface area contributed by atoms with Crippen LogP contribution in [0.2, 0.25) is 0 Å². The summed E-state index contributed by atoms with van der Waals surface area (Å²) in [5.41, 5.74) is 1.19. The molecule has 110 valence electrons. The molecule has 0 saturated carbocycles. The van der Waals surface area contributed by atoms with E-state index < -0.39 is 0 Å². The fourth-order valence-corrected chi connectivity index (χ4v) is 3.70. The van der Waals surface area contributed by atoms with Crippen molar-refractivity contribution in [1.82, 2.24) is 5.32 Å². The van der Waals surface area contributed by atoms with Gasteiger partial charge in [0.05, 0.1) is 5.92 Å². The van der Waals surface area contributed by atoms with Gasteiger partial charge in [0.2, 0.25) is 5.91 Å². The standard InChI is InChI=1S/C16H23NO2S/c1-16(2,8-5-9-18)11-17-15(19)13-10-20-14-7-4-3-6-12(13)14/h3-4,6-7,13,18H,5,8-11H2,1-2H3,(H,17,19). The van der Waals surface area contributed by atoms with Crippen molar-refractivity contribution in [2.45, 2.75) is 37.5 Å². The molecule has 0 bridgehead atoms. The molecule has 2 rings (SSSR count). The molecule has 1 aromatic carbocycles. The van der Waals surface area contributed by atoms with Crippen LogP contribution in [-0.4, -0.2) is 29.9 Å². The first-order chi connectivity index (χ1) is 9.53. The average molecular weight is 293 g/mol. The Morgan fingerprint density at radius 1 is 1.45 bits per heavy atom. The molecule has 0 aromatic heterocycles. The SMILES string of the molecule is CC(C)(CCCO)CNC(=O)C1CSc2ccccc21. The fraction of sp³-hybridized carbons (Fsp3) is 0.562. The van der Waals surface area contributed by atoms with Gasteiger partial charge in [-0.15, -0.1) is 11.8 Å². The smallest absolute Gasteiger partial charge is 0.228 e. The lowest BCUT2D eigenvalue weighted by molar-refractivity contribution is -0.122. The van der Waals surface area contributed by atoms with Crippen LogP contribution >= 0.6 is 11.8 Å². The maximum atomic E-state index is 12.4. The van der Waals surface area contributed by atoms with Gasteiger partial charge in [0.1, 0.15) is 0 Å². The summed E-state index contributed by atoms with van der Waals surface area (Å²) in [5, 5.41) is 12.0. The minimum atomic E-state index is -0.0233. The van der Waals surface area contributed by atoms with E-state index >= 15 is 0 Å². The lowest BCUT2D eigenvalue weighted by atomic mass is 9.87. The van der Waals surface area contributed by atoms with E-state index in [2.05, 4.69) is 31.3 Å². The molecule has 2 N–H and O–H groups in total. The molecule has 0 aliphatic carbocycles. The zero-order valence-electron chi connectivity index (χ0n) is 12.2. The molecule has 0 radical (unpaired) electrons. The average Bonchev–Trinajstić information content (AvgIpc) is 2.87. The van der Waals surface area contributed by atoms with Gasteiger partial charge in [-0.3, -0.25) is 4.79 Å². The van der Waals surface area contributed by atoms with Crippen LogP contribution in [0.5, 0.6) is 0 Å². The van der Waals surface area contributed by atoms with E-state index in [9.17, 15) is 4.79 Å². The van der Waals surface area contributed by atoms with Gasteiger partial charge in [0.15, 0.2) is 0 Å². The molecule has 20 heavy (non-hydrogen) atoms. The number of carbonyl (C=O) groups excluding carboxylic acids is 1. The highest BCUT2D eigenvalue weighted by Gasteiger charge is 2.29. The van der Waals surface area contributed by atoms with Crippen LogP contribution in [0.25, 0.3) is 0 Å². The van der Waals surface area contributed by atoms with Crippen LogP contribution in [-0.2, 0) is 4.79 Å². The molecule has 0 fully saturated rings. The monoisotopic (exact) mass is 293 g/mol. The van der Waals surface area contributed by atoms with Gasteiger partial charge in [-0.1, -0.05) is 32.0 Å². The van der Waals surface area contributed by atoms with Crippen molar-refractivity contribution < 1.29 is 9.90 Å². The molecule has 1 aliphatic rings. The van der Waals surface area contributed by atoms with E-state index in [1.54, 1.807) is 11.8 Å². The summed E-state index contributed by atoms with van der Waals surface area (Å²) >= 11 is 1.76. The fourth-order valence-electron chi connectivity index (χ4n) is 2.48.